The van der Waals surface area contributed by atoms with Crippen LogP contribution in [0.1, 0.15) is 37.7 Å². The van der Waals surface area contributed by atoms with Gasteiger partial charge in [-0.1, -0.05) is 31.4 Å². The summed E-state index contributed by atoms with van der Waals surface area (Å²) in [5, 5.41) is 14.4. The standard InChI is InChI=1S/C16H20N2O4/c19-15(20)11-22-14-9-5-4-8-13(14)10-17-18-16(21)12-6-2-1-3-7-12/h4-5,8-10,12H,1-3,6-7,11H2,(H,18,21)(H,19,20)/p-1/b17-10-. The molecule has 1 aromatic rings. The Bertz CT molecular complexity index is 551. The number of benzene rings is 1. The summed E-state index contributed by atoms with van der Waals surface area (Å²) in [4.78, 5) is 22.4. The lowest BCUT2D eigenvalue weighted by molar-refractivity contribution is -0.307. The Balaban J connectivity index is 1.91. The maximum Gasteiger partial charge on any atom is 0.243 e. The van der Waals surface area contributed by atoms with Crippen molar-refractivity contribution in [3.8, 4) is 5.75 Å². The van der Waals surface area contributed by atoms with Crippen LogP contribution in [0.3, 0.4) is 0 Å². The largest absolute Gasteiger partial charge is 0.546 e. The molecule has 0 bridgehead atoms. The second-order valence-corrected chi connectivity index (χ2v) is 5.27. The minimum Gasteiger partial charge on any atom is -0.546 e. The molecule has 2 rings (SSSR count). The summed E-state index contributed by atoms with van der Waals surface area (Å²) in [7, 11) is 0. The summed E-state index contributed by atoms with van der Waals surface area (Å²) in [5.74, 6) is -0.945. The van der Waals surface area contributed by atoms with Crippen molar-refractivity contribution in [3.63, 3.8) is 0 Å². The molecule has 1 saturated carbocycles. The van der Waals surface area contributed by atoms with Crippen molar-refractivity contribution < 1.29 is 19.4 Å². The molecule has 0 atom stereocenters. The normalized spacial score (nSPS) is 15.6. The number of nitrogens with one attached hydrogen (secondary N) is 1. The van der Waals surface area contributed by atoms with E-state index in [4.69, 9.17) is 4.74 Å². The van der Waals surface area contributed by atoms with E-state index in [9.17, 15) is 14.7 Å². The van der Waals surface area contributed by atoms with Crippen molar-refractivity contribution in [2.45, 2.75) is 32.1 Å². The van der Waals surface area contributed by atoms with Crippen LogP contribution in [0.25, 0.3) is 0 Å². The van der Waals surface area contributed by atoms with Gasteiger partial charge in [0.25, 0.3) is 0 Å². The van der Waals surface area contributed by atoms with Gasteiger partial charge in [-0.2, -0.15) is 5.10 Å². The number of ether oxygens (including phenoxy) is 1. The molecule has 0 spiro atoms. The average Bonchev–Trinajstić information content (AvgIpc) is 2.54. The molecule has 1 N–H and O–H groups in total. The quantitative estimate of drug-likeness (QED) is 0.623. The van der Waals surface area contributed by atoms with E-state index in [2.05, 4.69) is 10.5 Å². The second-order valence-electron chi connectivity index (χ2n) is 5.27. The van der Waals surface area contributed by atoms with Crippen LogP contribution >= 0.6 is 0 Å². The third-order valence-electron chi connectivity index (χ3n) is 3.62. The molecule has 1 aliphatic carbocycles. The first-order chi connectivity index (χ1) is 10.7. The van der Waals surface area contributed by atoms with E-state index in [1.165, 1.54) is 12.6 Å². The summed E-state index contributed by atoms with van der Waals surface area (Å²) < 4.78 is 5.11. The van der Waals surface area contributed by atoms with Gasteiger partial charge in [-0.05, 0) is 25.0 Å². The van der Waals surface area contributed by atoms with Crippen LogP contribution in [-0.2, 0) is 9.59 Å². The number of carbonyl (C=O) groups is 2. The number of amides is 1. The van der Waals surface area contributed by atoms with Crippen LogP contribution in [-0.4, -0.2) is 24.7 Å². The highest BCUT2D eigenvalue weighted by atomic mass is 16.5. The highest BCUT2D eigenvalue weighted by Gasteiger charge is 2.20. The van der Waals surface area contributed by atoms with Crippen molar-refractivity contribution in [1.29, 1.82) is 0 Å². The fourth-order valence-electron chi connectivity index (χ4n) is 2.48. The molecule has 118 valence electrons. The van der Waals surface area contributed by atoms with Gasteiger partial charge in [0.15, 0.2) is 0 Å². The Morgan fingerprint density at radius 3 is 2.73 bits per heavy atom. The highest BCUT2D eigenvalue weighted by molar-refractivity contribution is 5.85. The number of carboxylic acids is 1. The van der Waals surface area contributed by atoms with E-state index in [0.29, 0.717) is 11.3 Å². The van der Waals surface area contributed by atoms with Gasteiger partial charge in [-0.3, -0.25) is 4.79 Å². The molecular weight excluding hydrogens is 284 g/mol. The van der Waals surface area contributed by atoms with Gasteiger partial charge >= 0.3 is 0 Å². The average molecular weight is 303 g/mol. The Morgan fingerprint density at radius 1 is 1.27 bits per heavy atom. The number of nitrogens with zero attached hydrogens (tertiary/aromatic N) is 1. The Morgan fingerprint density at radius 2 is 2.00 bits per heavy atom. The minimum atomic E-state index is -1.29. The van der Waals surface area contributed by atoms with Gasteiger partial charge in [-0.15, -0.1) is 0 Å². The Labute approximate surface area is 129 Å². The van der Waals surface area contributed by atoms with E-state index in [0.717, 1.165) is 25.7 Å². The first-order valence-corrected chi connectivity index (χ1v) is 7.41. The van der Waals surface area contributed by atoms with Gasteiger partial charge < -0.3 is 14.6 Å². The lowest BCUT2D eigenvalue weighted by Crippen LogP contribution is -2.29. The van der Waals surface area contributed by atoms with Gasteiger partial charge in [0.2, 0.25) is 5.91 Å². The molecule has 0 aliphatic heterocycles. The zero-order chi connectivity index (χ0) is 15.8. The number of aliphatic carboxylic acids is 1. The summed E-state index contributed by atoms with van der Waals surface area (Å²) in [5.41, 5.74) is 3.13. The molecule has 1 aliphatic rings. The number of para-hydroxylation sites is 1. The van der Waals surface area contributed by atoms with E-state index in [1.54, 1.807) is 24.3 Å². The van der Waals surface area contributed by atoms with E-state index < -0.39 is 12.6 Å². The molecule has 1 amide bonds. The lowest BCUT2D eigenvalue weighted by atomic mass is 9.89. The van der Waals surface area contributed by atoms with Crippen LogP contribution in [0.2, 0.25) is 0 Å². The number of hydrogen-bond donors (Lipinski definition) is 1. The van der Waals surface area contributed by atoms with Gasteiger partial charge in [0, 0.05) is 11.5 Å². The number of hydrazone groups is 1. The second kappa shape index (κ2) is 8.17. The van der Waals surface area contributed by atoms with Crippen LogP contribution in [0.15, 0.2) is 29.4 Å². The molecule has 1 aromatic carbocycles. The first kappa shape index (κ1) is 16.0. The number of rotatable bonds is 6. The van der Waals surface area contributed by atoms with Gasteiger partial charge in [0.1, 0.15) is 12.4 Å². The molecule has 6 nitrogen and oxygen atoms in total. The third kappa shape index (κ3) is 4.87. The maximum absolute atomic E-state index is 11.9. The van der Waals surface area contributed by atoms with E-state index >= 15 is 0 Å². The first-order valence-electron chi connectivity index (χ1n) is 7.41. The summed E-state index contributed by atoms with van der Waals surface area (Å²) in [6, 6.07) is 6.85. The van der Waals surface area contributed by atoms with Gasteiger partial charge in [-0.25, -0.2) is 5.43 Å². The van der Waals surface area contributed by atoms with Crippen molar-refractivity contribution in [3.05, 3.63) is 29.8 Å². The zero-order valence-corrected chi connectivity index (χ0v) is 12.3. The molecule has 0 saturated heterocycles. The van der Waals surface area contributed by atoms with Crippen LogP contribution in [0, 0.1) is 5.92 Å². The molecule has 0 aromatic heterocycles. The van der Waals surface area contributed by atoms with Crippen molar-refractivity contribution >= 4 is 18.1 Å². The summed E-state index contributed by atoms with van der Waals surface area (Å²) in [6.07, 6.45) is 6.63. The maximum atomic E-state index is 11.9. The smallest absolute Gasteiger partial charge is 0.243 e. The lowest BCUT2D eigenvalue weighted by Gasteiger charge is -2.19. The van der Waals surface area contributed by atoms with Gasteiger partial charge in [0.05, 0.1) is 12.2 Å². The topological polar surface area (TPSA) is 90.8 Å². The van der Waals surface area contributed by atoms with E-state index in [1.807, 2.05) is 0 Å². The Hall–Kier alpha value is -2.37. The molecule has 0 unspecified atom stereocenters. The monoisotopic (exact) mass is 303 g/mol. The minimum absolute atomic E-state index is 0.0375. The fraction of sp³-hybridized carbons (Fsp3) is 0.438. The molecule has 6 heteroatoms. The van der Waals surface area contributed by atoms with Crippen LogP contribution in [0.5, 0.6) is 5.75 Å². The van der Waals surface area contributed by atoms with Crippen molar-refractivity contribution in [2.24, 2.45) is 11.0 Å². The molecular formula is C16H19N2O4-. The van der Waals surface area contributed by atoms with Crippen LogP contribution in [0.4, 0.5) is 0 Å². The van der Waals surface area contributed by atoms with Crippen molar-refractivity contribution in [1.82, 2.24) is 5.43 Å². The van der Waals surface area contributed by atoms with Crippen LogP contribution < -0.4 is 15.3 Å². The molecule has 0 heterocycles. The highest BCUT2D eigenvalue weighted by Crippen LogP contribution is 2.23. The van der Waals surface area contributed by atoms with E-state index in [-0.39, 0.29) is 11.8 Å². The predicted octanol–water partition coefficient (Wildman–Crippen LogP) is 0.846. The third-order valence-corrected chi connectivity index (χ3v) is 3.62. The number of carbonyl (C=O) groups excluding carboxylic acids is 2. The molecule has 1 fully saturated rings. The molecule has 22 heavy (non-hydrogen) atoms. The number of carboxylic acid groups (broad SMARTS) is 1. The SMILES string of the molecule is O=C([O-])COc1ccccc1/C=N\NC(=O)C1CCCCC1. The number of hydrogen-bond acceptors (Lipinski definition) is 5. The fourth-order valence-corrected chi connectivity index (χ4v) is 2.48. The van der Waals surface area contributed by atoms with Crippen molar-refractivity contribution in [2.75, 3.05) is 6.61 Å². The summed E-state index contributed by atoms with van der Waals surface area (Å²) >= 11 is 0. The summed E-state index contributed by atoms with van der Waals surface area (Å²) in [6.45, 7) is -0.528. The predicted molar refractivity (Wildman–Crippen MR) is 79.3 cm³/mol. The molecule has 0 radical (unpaired) electrons. The zero-order valence-electron chi connectivity index (χ0n) is 12.3. The Kier molecular flexibility index (Phi) is 5.94.